The maximum Gasteiger partial charge on any atom is 0.187 e. The Balaban J connectivity index is 2.11. The van der Waals surface area contributed by atoms with Crippen LogP contribution in [0.5, 0.6) is 0 Å². The van der Waals surface area contributed by atoms with E-state index in [2.05, 4.69) is 0 Å². The molecule has 0 amide bonds. The van der Waals surface area contributed by atoms with Gasteiger partial charge in [0.15, 0.2) is 12.6 Å². The Morgan fingerprint density at radius 3 is 1.83 bits per heavy atom. The molecule has 0 aromatic carbocycles. The zero-order chi connectivity index (χ0) is 17.3. The van der Waals surface area contributed by atoms with Crippen LogP contribution in [-0.2, 0) is 14.2 Å². The smallest absolute Gasteiger partial charge is 0.187 e. The highest BCUT2D eigenvalue weighted by atomic mass is 16.7. The molecular weight excluding hydrogens is 320 g/mol. The molecule has 2 heterocycles. The van der Waals surface area contributed by atoms with Gasteiger partial charge in [0.25, 0.3) is 0 Å². The molecule has 0 bridgehead atoms. The predicted molar refractivity (Wildman–Crippen MR) is 68.6 cm³/mol. The van der Waals surface area contributed by atoms with Gasteiger partial charge in [-0.3, -0.25) is 0 Å². The van der Waals surface area contributed by atoms with E-state index in [0.717, 1.165) is 0 Å². The molecule has 2 unspecified atom stereocenters. The minimum Gasteiger partial charge on any atom is -0.394 e. The van der Waals surface area contributed by atoms with Crippen LogP contribution in [-0.4, -0.2) is 115 Å². The lowest BCUT2D eigenvalue weighted by molar-refractivity contribution is -0.355. The van der Waals surface area contributed by atoms with Crippen molar-refractivity contribution < 1.29 is 55.1 Å². The highest BCUT2D eigenvalue weighted by Gasteiger charge is 2.50. The topological polar surface area (TPSA) is 190 Å². The lowest BCUT2D eigenvalue weighted by Gasteiger charge is -2.45. The van der Waals surface area contributed by atoms with E-state index >= 15 is 0 Å². The Bertz CT molecular complexity index is 378. The number of hydrogen-bond donors (Lipinski definition) is 8. The van der Waals surface area contributed by atoms with Crippen molar-refractivity contribution in [3.05, 3.63) is 0 Å². The SMILES string of the molecule is OC[C@H]1OC(O)[C@H](O)[C@@H](O)[C@@H]1O[C@H]1O[C@H](CO)[C@H](O)C(O)[C@H]1O. The molecule has 23 heavy (non-hydrogen) atoms. The van der Waals surface area contributed by atoms with Crippen molar-refractivity contribution in [2.24, 2.45) is 0 Å². The third kappa shape index (κ3) is 3.65. The van der Waals surface area contributed by atoms with Crippen LogP contribution < -0.4 is 0 Å². The first kappa shape index (κ1) is 18.9. The summed E-state index contributed by atoms with van der Waals surface area (Å²) in [4.78, 5) is 0. The van der Waals surface area contributed by atoms with Gasteiger partial charge in [-0.05, 0) is 0 Å². The van der Waals surface area contributed by atoms with E-state index in [1.165, 1.54) is 0 Å². The Labute approximate surface area is 130 Å². The molecule has 11 nitrogen and oxygen atoms in total. The summed E-state index contributed by atoms with van der Waals surface area (Å²) in [5.74, 6) is 0. The van der Waals surface area contributed by atoms with E-state index < -0.39 is 74.6 Å². The maximum atomic E-state index is 9.94. The standard InChI is InChI=1S/C12H22O11/c13-1-3-5(15)6(16)9(19)12(22-3)23-10-4(2-14)21-11(20)8(18)7(10)17/h3-20H,1-2H2/t3-,4-,5+,6?,7-,8-,9-,10-,11?,12-/m1/s1. The van der Waals surface area contributed by atoms with E-state index in [1.54, 1.807) is 0 Å². The molecule has 0 spiro atoms. The monoisotopic (exact) mass is 342 g/mol. The van der Waals surface area contributed by atoms with Crippen molar-refractivity contribution in [2.45, 2.75) is 61.4 Å². The first-order chi connectivity index (χ1) is 10.8. The minimum atomic E-state index is -1.74. The normalized spacial score (nSPS) is 51.7. The molecule has 0 aromatic heterocycles. The lowest BCUT2D eigenvalue weighted by atomic mass is 9.97. The maximum absolute atomic E-state index is 9.94. The summed E-state index contributed by atoms with van der Waals surface area (Å²) in [5.41, 5.74) is 0. The Kier molecular flexibility index (Phi) is 6.27. The first-order valence-corrected chi connectivity index (χ1v) is 7.08. The van der Waals surface area contributed by atoms with Gasteiger partial charge >= 0.3 is 0 Å². The number of ether oxygens (including phenoxy) is 3. The predicted octanol–water partition coefficient (Wildman–Crippen LogP) is -5.40. The van der Waals surface area contributed by atoms with Crippen LogP contribution in [0.4, 0.5) is 0 Å². The second-order valence-corrected chi connectivity index (χ2v) is 5.53. The van der Waals surface area contributed by atoms with Crippen molar-refractivity contribution in [3.8, 4) is 0 Å². The van der Waals surface area contributed by atoms with Gasteiger partial charge in [0.2, 0.25) is 0 Å². The Morgan fingerprint density at radius 1 is 0.652 bits per heavy atom. The summed E-state index contributed by atoms with van der Waals surface area (Å²) in [5, 5.41) is 76.5. The van der Waals surface area contributed by atoms with E-state index in [0.29, 0.717) is 0 Å². The molecule has 0 aromatic rings. The molecule has 136 valence electrons. The molecule has 2 rings (SSSR count). The zero-order valence-electron chi connectivity index (χ0n) is 12.0. The summed E-state index contributed by atoms with van der Waals surface area (Å²) in [7, 11) is 0. The van der Waals surface area contributed by atoms with Crippen LogP contribution in [0.2, 0.25) is 0 Å². The number of rotatable bonds is 4. The lowest BCUT2D eigenvalue weighted by Crippen LogP contribution is -2.64. The van der Waals surface area contributed by atoms with E-state index in [1.807, 2.05) is 0 Å². The molecule has 0 radical (unpaired) electrons. The Hall–Kier alpha value is -0.440. The third-order valence-electron chi connectivity index (χ3n) is 3.98. The van der Waals surface area contributed by atoms with E-state index in [-0.39, 0.29) is 0 Å². The fraction of sp³-hybridized carbons (Fsp3) is 1.00. The van der Waals surface area contributed by atoms with Gasteiger partial charge in [0.1, 0.15) is 48.8 Å². The highest BCUT2D eigenvalue weighted by Crippen LogP contribution is 2.28. The molecule has 8 N–H and O–H groups in total. The summed E-state index contributed by atoms with van der Waals surface area (Å²) >= 11 is 0. The van der Waals surface area contributed by atoms with Gasteiger partial charge in [-0.1, -0.05) is 0 Å². The fourth-order valence-electron chi connectivity index (χ4n) is 2.57. The molecule has 11 heteroatoms. The van der Waals surface area contributed by atoms with Crippen molar-refractivity contribution >= 4 is 0 Å². The molecule has 2 aliphatic rings. The molecular formula is C12H22O11. The highest BCUT2D eigenvalue weighted by molar-refractivity contribution is 4.93. The molecule has 2 saturated heterocycles. The van der Waals surface area contributed by atoms with Crippen LogP contribution in [0.15, 0.2) is 0 Å². The van der Waals surface area contributed by atoms with Crippen LogP contribution >= 0.6 is 0 Å². The van der Waals surface area contributed by atoms with E-state index in [4.69, 9.17) is 19.3 Å². The van der Waals surface area contributed by atoms with Gasteiger partial charge in [0, 0.05) is 0 Å². The van der Waals surface area contributed by atoms with Gasteiger partial charge in [-0.2, -0.15) is 0 Å². The summed E-state index contributed by atoms with van der Waals surface area (Å²) in [6.45, 7) is -1.35. The molecule has 0 aliphatic carbocycles. The Morgan fingerprint density at radius 2 is 1.26 bits per heavy atom. The van der Waals surface area contributed by atoms with Crippen LogP contribution in [0, 0.1) is 0 Å². The second kappa shape index (κ2) is 7.63. The van der Waals surface area contributed by atoms with Crippen LogP contribution in [0.1, 0.15) is 0 Å². The average Bonchev–Trinajstić information content (AvgIpc) is 2.55. The van der Waals surface area contributed by atoms with Crippen molar-refractivity contribution in [2.75, 3.05) is 13.2 Å². The fourth-order valence-corrected chi connectivity index (χ4v) is 2.57. The summed E-state index contributed by atoms with van der Waals surface area (Å²) in [6.07, 6.45) is -15.6. The number of aliphatic hydroxyl groups is 8. The van der Waals surface area contributed by atoms with Gasteiger partial charge in [-0.25, -0.2) is 0 Å². The van der Waals surface area contributed by atoms with Crippen molar-refractivity contribution in [1.29, 1.82) is 0 Å². The van der Waals surface area contributed by atoms with Gasteiger partial charge in [-0.15, -0.1) is 0 Å². The average molecular weight is 342 g/mol. The molecule has 0 saturated carbocycles. The van der Waals surface area contributed by atoms with Gasteiger partial charge in [0.05, 0.1) is 13.2 Å². The molecule has 2 fully saturated rings. The first-order valence-electron chi connectivity index (χ1n) is 7.08. The quantitative estimate of drug-likeness (QED) is 0.243. The van der Waals surface area contributed by atoms with E-state index in [9.17, 15) is 35.7 Å². The zero-order valence-corrected chi connectivity index (χ0v) is 12.0. The van der Waals surface area contributed by atoms with Crippen LogP contribution in [0.3, 0.4) is 0 Å². The van der Waals surface area contributed by atoms with Crippen molar-refractivity contribution in [3.63, 3.8) is 0 Å². The molecule has 2 aliphatic heterocycles. The van der Waals surface area contributed by atoms with Crippen molar-refractivity contribution in [1.82, 2.24) is 0 Å². The third-order valence-corrected chi connectivity index (χ3v) is 3.98. The number of aliphatic hydroxyl groups excluding tert-OH is 8. The van der Waals surface area contributed by atoms with Crippen LogP contribution in [0.25, 0.3) is 0 Å². The summed E-state index contributed by atoms with van der Waals surface area (Å²) < 4.78 is 15.3. The second-order valence-electron chi connectivity index (χ2n) is 5.53. The number of hydrogen-bond acceptors (Lipinski definition) is 11. The van der Waals surface area contributed by atoms with Gasteiger partial charge < -0.3 is 55.1 Å². The minimum absolute atomic E-state index is 0.667. The summed E-state index contributed by atoms with van der Waals surface area (Å²) in [6, 6.07) is 0. The molecule has 10 atom stereocenters. The largest absolute Gasteiger partial charge is 0.394 e.